The van der Waals surface area contributed by atoms with Gasteiger partial charge < -0.3 is 5.32 Å². The van der Waals surface area contributed by atoms with Crippen molar-refractivity contribution < 1.29 is 0 Å². The van der Waals surface area contributed by atoms with Crippen LogP contribution in [-0.4, -0.2) is 6.04 Å². The third-order valence-electron chi connectivity index (χ3n) is 3.51. The molecule has 3 rings (SSSR count). The first kappa shape index (κ1) is 12.1. The van der Waals surface area contributed by atoms with Crippen molar-refractivity contribution in [1.82, 2.24) is 0 Å². The number of halogens is 1. The highest BCUT2D eigenvalue weighted by Crippen LogP contribution is 2.28. The minimum Gasteiger partial charge on any atom is -0.381 e. The van der Waals surface area contributed by atoms with Crippen molar-refractivity contribution in [3.63, 3.8) is 0 Å². The van der Waals surface area contributed by atoms with Gasteiger partial charge in [0, 0.05) is 11.1 Å². The fourth-order valence-corrected chi connectivity index (χ4v) is 2.81. The van der Waals surface area contributed by atoms with Gasteiger partial charge in [-0.15, -0.1) is 0 Å². The molecule has 0 aromatic heterocycles. The Labute approximate surface area is 117 Å². The highest BCUT2D eigenvalue weighted by atomic mass is 35.5. The van der Waals surface area contributed by atoms with Gasteiger partial charge in [0.25, 0.3) is 0 Å². The fourth-order valence-electron chi connectivity index (χ4n) is 2.62. The second-order valence-corrected chi connectivity index (χ2v) is 5.26. The molecule has 0 radical (unpaired) electrons. The molecule has 0 amide bonds. The predicted octanol–water partition coefficient (Wildman–Crippen LogP) is 3.79. The number of hydrogen-bond acceptors (Lipinski definition) is 2. The van der Waals surface area contributed by atoms with Crippen LogP contribution in [0.25, 0.3) is 0 Å². The van der Waals surface area contributed by atoms with Gasteiger partial charge in [-0.05, 0) is 48.2 Å². The SMILES string of the molecule is N#Cc1ccccc1NC1Cc2ccc(Cl)cc2C1. The lowest BCUT2D eigenvalue weighted by molar-refractivity contribution is 0.774. The Morgan fingerprint density at radius 2 is 1.89 bits per heavy atom. The van der Waals surface area contributed by atoms with Crippen LogP contribution in [0.5, 0.6) is 0 Å². The Hall–Kier alpha value is -1.98. The smallest absolute Gasteiger partial charge is 0.101 e. The van der Waals surface area contributed by atoms with E-state index in [9.17, 15) is 0 Å². The van der Waals surface area contributed by atoms with Crippen LogP contribution in [0.15, 0.2) is 42.5 Å². The Morgan fingerprint density at radius 1 is 1.11 bits per heavy atom. The minimum absolute atomic E-state index is 0.336. The van der Waals surface area contributed by atoms with Crippen LogP contribution in [0.3, 0.4) is 0 Å². The van der Waals surface area contributed by atoms with Crippen molar-refractivity contribution in [2.24, 2.45) is 0 Å². The van der Waals surface area contributed by atoms with Crippen LogP contribution in [0, 0.1) is 11.3 Å². The number of nitrogens with one attached hydrogen (secondary N) is 1. The van der Waals surface area contributed by atoms with Gasteiger partial charge >= 0.3 is 0 Å². The minimum atomic E-state index is 0.336. The van der Waals surface area contributed by atoms with Crippen molar-refractivity contribution in [2.75, 3.05) is 5.32 Å². The van der Waals surface area contributed by atoms with E-state index in [1.54, 1.807) is 0 Å². The van der Waals surface area contributed by atoms with E-state index in [2.05, 4.69) is 17.5 Å². The van der Waals surface area contributed by atoms with Crippen molar-refractivity contribution >= 4 is 17.3 Å². The quantitative estimate of drug-likeness (QED) is 0.899. The summed E-state index contributed by atoms with van der Waals surface area (Å²) >= 11 is 6.02. The summed E-state index contributed by atoms with van der Waals surface area (Å²) in [5.41, 5.74) is 4.25. The van der Waals surface area contributed by atoms with Crippen LogP contribution < -0.4 is 5.32 Å². The van der Waals surface area contributed by atoms with E-state index < -0.39 is 0 Å². The van der Waals surface area contributed by atoms with Crippen molar-refractivity contribution in [3.8, 4) is 6.07 Å². The lowest BCUT2D eigenvalue weighted by Gasteiger charge is -2.14. The molecule has 1 aliphatic rings. The molecule has 2 aromatic carbocycles. The van der Waals surface area contributed by atoms with E-state index >= 15 is 0 Å². The van der Waals surface area contributed by atoms with E-state index in [1.165, 1.54) is 11.1 Å². The molecule has 0 bridgehead atoms. The number of rotatable bonds is 2. The summed E-state index contributed by atoms with van der Waals surface area (Å²) in [6.45, 7) is 0. The fraction of sp³-hybridized carbons (Fsp3) is 0.188. The second kappa shape index (κ2) is 4.95. The van der Waals surface area contributed by atoms with Crippen molar-refractivity contribution in [1.29, 1.82) is 5.26 Å². The molecule has 0 heterocycles. The van der Waals surface area contributed by atoms with Gasteiger partial charge in [0.1, 0.15) is 6.07 Å². The van der Waals surface area contributed by atoms with E-state index in [0.717, 1.165) is 23.6 Å². The number of anilines is 1. The third-order valence-corrected chi connectivity index (χ3v) is 3.74. The van der Waals surface area contributed by atoms with Gasteiger partial charge in [-0.3, -0.25) is 0 Å². The van der Waals surface area contributed by atoms with Crippen molar-refractivity contribution in [3.05, 3.63) is 64.2 Å². The summed E-state index contributed by atoms with van der Waals surface area (Å²) in [5.74, 6) is 0. The standard InChI is InChI=1S/C16H13ClN2/c17-14-6-5-11-8-15(9-13(11)7-14)19-16-4-2-1-3-12(16)10-18/h1-7,15,19H,8-9H2. The lowest BCUT2D eigenvalue weighted by Crippen LogP contribution is -2.20. The Balaban J connectivity index is 1.79. The average molecular weight is 269 g/mol. The van der Waals surface area contributed by atoms with Crippen LogP contribution in [0.2, 0.25) is 5.02 Å². The van der Waals surface area contributed by atoms with E-state index in [-0.39, 0.29) is 0 Å². The van der Waals surface area contributed by atoms with Crippen LogP contribution >= 0.6 is 11.6 Å². The number of para-hydroxylation sites is 1. The molecular weight excluding hydrogens is 256 g/mol. The molecule has 0 aliphatic heterocycles. The molecule has 1 N–H and O–H groups in total. The Morgan fingerprint density at radius 3 is 2.74 bits per heavy atom. The van der Waals surface area contributed by atoms with E-state index in [4.69, 9.17) is 16.9 Å². The summed E-state index contributed by atoms with van der Waals surface area (Å²) in [5, 5.41) is 13.3. The van der Waals surface area contributed by atoms with E-state index in [0.29, 0.717) is 11.6 Å². The molecule has 2 aromatic rings. The largest absolute Gasteiger partial charge is 0.381 e. The number of hydrogen-bond donors (Lipinski definition) is 1. The molecule has 19 heavy (non-hydrogen) atoms. The number of nitriles is 1. The first-order chi connectivity index (χ1) is 9.26. The molecule has 0 saturated carbocycles. The molecule has 1 aliphatic carbocycles. The molecule has 1 atom stereocenters. The summed E-state index contributed by atoms with van der Waals surface area (Å²) in [7, 11) is 0. The molecule has 0 spiro atoms. The van der Waals surface area contributed by atoms with E-state index in [1.807, 2.05) is 36.4 Å². The maximum atomic E-state index is 9.09. The van der Waals surface area contributed by atoms with Gasteiger partial charge in [-0.2, -0.15) is 5.26 Å². The summed E-state index contributed by atoms with van der Waals surface area (Å²) in [6.07, 6.45) is 1.93. The lowest BCUT2D eigenvalue weighted by atomic mass is 10.1. The van der Waals surface area contributed by atoms with Gasteiger partial charge in [0.05, 0.1) is 11.3 Å². The molecule has 94 valence electrons. The first-order valence-electron chi connectivity index (χ1n) is 6.29. The molecule has 0 saturated heterocycles. The molecule has 3 heteroatoms. The second-order valence-electron chi connectivity index (χ2n) is 4.82. The number of nitrogens with zero attached hydrogens (tertiary/aromatic N) is 1. The van der Waals surface area contributed by atoms with Gasteiger partial charge in [-0.25, -0.2) is 0 Å². The maximum absolute atomic E-state index is 9.09. The summed E-state index contributed by atoms with van der Waals surface area (Å²) < 4.78 is 0. The molecule has 1 unspecified atom stereocenters. The molecular formula is C16H13ClN2. The Bertz CT molecular complexity index is 658. The van der Waals surface area contributed by atoms with Crippen LogP contribution in [-0.2, 0) is 12.8 Å². The average Bonchev–Trinajstić information content (AvgIpc) is 2.80. The zero-order valence-electron chi connectivity index (χ0n) is 10.4. The zero-order chi connectivity index (χ0) is 13.2. The van der Waals surface area contributed by atoms with Crippen molar-refractivity contribution in [2.45, 2.75) is 18.9 Å². The van der Waals surface area contributed by atoms with Crippen LogP contribution in [0.4, 0.5) is 5.69 Å². The molecule has 0 fully saturated rings. The normalized spacial score (nSPS) is 16.7. The van der Waals surface area contributed by atoms with Gasteiger partial charge in [0.15, 0.2) is 0 Å². The summed E-state index contributed by atoms with van der Waals surface area (Å²) in [4.78, 5) is 0. The van der Waals surface area contributed by atoms with Gasteiger partial charge in [0.2, 0.25) is 0 Å². The predicted molar refractivity (Wildman–Crippen MR) is 77.4 cm³/mol. The van der Waals surface area contributed by atoms with Crippen LogP contribution in [0.1, 0.15) is 16.7 Å². The third kappa shape index (κ3) is 2.43. The highest BCUT2D eigenvalue weighted by molar-refractivity contribution is 6.30. The van der Waals surface area contributed by atoms with Gasteiger partial charge in [-0.1, -0.05) is 29.8 Å². The first-order valence-corrected chi connectivity index (χ1v) is 6.67. The Kier molecular flexibility index (Phi) is 3.15. The topological polar surface area (TPSA) is 35.8 Å². The maximum Gasteiger partial charge on any atom is 0.101 e. The zero-order valence-corrected chi connectivity index (χ0v) is 11.1. The monoisotopic (exact) mass is 268 g/mol. The summed E-state index contributed by atoms with van der Waals surface area (Å²) in [6, 6.07) is 16.2. The number of benzene rings is 2. The highest BCUT2D eigenvalue weighted by Gasteiger charge is 2.21. The molecule has 2 nitrogen and oxygen atoms in total. The number of fused-ring (bicyclic) bond motifs is 1.